The van der Waals surface area contributed by atoms with E-state index in [1.165, 1.54) is 0 Å². The number of hydrogen-bond donors (Lipinski definition) is 1. The molecule has 0 bridgehead atoms. The second-order valence-electron chi connectivity index (χ2n) is 7.42. The Kier molecular flexibility index (Phi) is 5.12. The lowest BCUT2D eigenvalue weighted by atomic mass is 10.1. The number of rotatable bonds is 5. The van der Waals surface area contributed by atoms with E-state index in [2.05, 4.69) is 15.4 Å². The van der Waals surface area contributed by atoms with Crippen LogP contribution >= 0.6 is 0 Å². The first kappa shape index (κ1) is 18.9. The Balaban J connectivity index is 1.47. The first-order chi connectivity index (χ1) is 14.0. The first-order valence-corrected chi connectivity index (χ1v) is 9.62. The van der Waals surface area contributed by atoms with Crippen LogP contribution in [0.3, 0.4) is 0 Å². The van der Waals surface area contributed by atoms with Crippen LogP contribution in [0.2, 0.25) is 0 Å². The van der Waals surface area contributed by atoms with Gasteiger partial charge in [-0.2, -0.15) is 9.78 Å². The molecule has 7 nitrogen and oxygen atoms in total. The summed E-state index contributed by atoms with van der Waals surface area (Å²) in [6.45, 7) is 4.77. The molecule has 29 heavy (non-hydrogen) atoms. The third kappa shape index (κ3) is 4.18. The number of amides is 2. The molecule has 2 aromatic heterocycles. The maximum Gasteiger partial charge on any atom is 0.230 e. The normalized spacial score (nSPS) is 16.3. The van der Waals surface area contributed by atoms with Crippen molar-refractivity contribution in [2.75, 3.05) is 11.9 Å². The van der Waals surface area contributed by atoms with Crippen LogP contribution in [0.4, 0.5) is 5.82 Å². The minimum atomic E-state index is -0.389. The van der Waals surface area contributed by atoms with Gasteiger partial charge in [-0.1, -0.05) is 30.3 Å². The fourth-order valence-electron chi connectivity index (χ4n) is 3.53. The van der Waals surface area contributed by atoms with E-state index in [0.717, 1.165) is 16.8 Å². The molecule has 1 N–H and O–H groups in total. The zero-order valence-electron chi connectivity index (χ0n) is 16.5. The summed E-state index contributed by atoms with van der Waals surface area (Å²) in [6, 6.07) is 15.4. The van der Waals surface area contributed by atoms with E-state index in [-0.39, 0.29) is 24.2 Å². The van der Waals surface area contributed by atoms with Crippen molar-refractivity contribution in [2.24, 2.45) is 5.92 Å². The molecule has 1 aliphatic heterocycles. The molecule has 0 aliphatic carbocycles. The van der Waals surface area contributed by atoms with E-state index in [1.807, 2.05) is 56.3 Å². The molecule has 1 atom stereocenters. The number of hydrogen-bond acceptors (Lipinski definition) is 4. The highest BCUT2D eigenvalue weighted by atomic mass is 16.2. The lowest BCUT2D eigenvalue weighted by Crippen LogP contribution is -2.28. The molecule has 3 heterocycles. The number of aryl methyl sites for hydroxylation is 2. The maximum atomic E-state index is 12.9. The average Bonchev–Trinajstić information content (AvgIpc) is 3.25. The van der Waals surface area contributed by atoms with Crippen LogP contribution in [0.5, 0.6) is 0 Å². The van der Waals surface area contributed by atoms with Crippen molar-refractivity contribution in [1.29, 1.82) is 0 Å². The van der Waals surface area contributed by atoms with Crippen LogP contribution in [-0.2, 0) is 16.1 Å². The number of carbonyl (C=O) groups excluding carboxylic acids is 2. The van der Waals surface area contributed by atoms with Gasteiger partial charge >= 0.3 is 0 Å². The predicted molar refractivity (Wildman–Crippen MR) is 109 cm³/mol. The second-order valence-corrected chi connectivity index (χ2v) is 7.42. The minimum Gasteiger partial charge on any atom is -0.338 e. The van der Waals surface area contributed by atoms with Gasteiger partial charge < -0.3 is 10.2 Å². The molecule has 0 saturated carbocycles. The van der Waals surface area contributed by atoms with Gasteiger partial charge in [0.15, 0.2) is 5.82 Å². The number of aromatic nitrogens is 3. The first-order valence-electron chi connectivity index (χ1n) is 9.62. The summed E-state index contributed by atoms with van der Waals surface area (Å²) in [6.07, 6.45) is 1.93. The summed E-state index contributed by atoms with van der Waals surface area (Å²) in [4.78, 5) is 31.3. The van der Waals surface area contributed by atoms with Crippen LogP contribution < -0.4 is 5.32 Å². The zero-order chi connectivity index (χ0) is 20.4. The number of nitrogens with zero attached hydrogens (tertiary/aromatic N) is 4. The van der Waals surface area contributed by atoms with Gasteiger partial charge in [0, 0.05) is 31.8 Å². The molecule has 7 heteroatoms. The summed E-state index contributed by atoms with van der Waals surface area (Å²) in [5.41, 5.74) is 2.89. The van der Waals surface area contributed by atoms with Crippen LogP contribution in [0, 0.1) is 19.8 Å². The summed E-state index contributed by atoms with van der Waals surface area (Å²) < 4.78 is 1.62. The molecule has 1 unspecified atom stereocenters. The van der Waals surface area contributed by atoms with E-state index < -0.39 is 0 Å². The van der Waals surface area contributed by atoms with Crippen molar-refractivity contribution in [1.82, 2.24) is 19.7 Å². The number of carbonyl (C=O) groups is 2. The number of benzene rings is 1. The minimum absolute atomic E-state index is 0.000887. The highest BCUT2D eigenvalue weighted by molar-refractivity contribution is 5.96. The molecular weight excluding hydrogens is 366 g/mol. The fourth-order valence-corrected chi connectivity index (χ4v) is 3.53. The highest BCUT2D eigenvalue weighted by Gasteiger charge is 2.34. The van der Waals surface area contributed by atoms with E-state index in [1.54, 1.807) is 21.8 Å². The van der Waals surface area contributed by atoms with Gasteiger partial charge in [-0.05, 0) is 37.1 Å². The molecule has 0 spiro atoms. The van der Waals surface area contributed by atoms with Crippen molar-refractivity contribution in [2.45, 2.75) is 26.8 Å². The molecule has 1 fully saturated rings. The van der Waals surface area contributed by atoms with Crippen molar-refractivity contribution < 1.29 is 9.59 Å². The molecule has 1 aliphatic rings. The maximum absolute atomic E-state index is 12.9. The second kappa shape index (κ2) is 7.87. The van der Waals surface area contributed by atoms with Gasteiger partial charge in [0.05, 0.1) is 11.6 Å². The largest absolute Gasteiger partial charge is 0.338 e. The van der Waals surface area contributed by atoms with E-state index in [0.29, 0.717) is 24.7 Å². The fraction of sp³-hybridized carbons (Fsp3) is 0.273. The van der Waals surface area contributed by atoms with Crippen LogP contribution in [-0.4, -0.2) is 38.0 Å². The molecule has 148 valence electrons. The van der Waals surface area contributed by atoms with E-state index >= 15 is 0 Å². The Morgan fingerprint density at radius 3 is 2.72 bits per heavy atom. The lowest BCUT2D eigenvalue weighted by Gasteiger charge is -2.16. The molecule has 1 aromatic carbocycles. The van der Waals surface area contributed by atoms with Crippen LogP contribution in [0.1, 0.15) is 23.2 Å². The Bertz CT molecular complexity index is 1040. The van der Waals surface area contributed by atoms with Gasteiger partial charge in [-0.15, -0.1) is 0 Å². The Labute approximate surface area is 169 Å². The average molecular weight is 389 g/mol. The predicted octanol–water partition coefficient (Wildman–Crippen LogP) is 2.87. The summed E-state index contributed by atoms with van der Waals surface area (Å²) in [5, 5.41) is 7.39. The van der Waals surface area contributed by atoms with E-state index in [9.17, 15) is 9.59 Å². The number of anilines is 1. The quantitative estimate of drug-likeness (QED) is 0.728. The molecular formula is C22H23N5O2. The molecule has 2 amide bonds. The number of pyridine rings is 1. The SMILES string of the molecule is Cc1ccnc(-n2nc(C)cc2NC(=O)C2CC(=O)N(Cc3ccccc3)C2)c1. The van der Waals surface area contributed by atoms with Gasteiger partial charge in [0.1, 0.15) is 5.82 Å². The van der Waals surface area contributed by atoms with Crippen molar-refractivity contribution >= 4 is 17.6 Å². The Hall–Kier alpha value is -3.48. The van der Waals surface area contributed by atoms with Gasteiger partial charge in [-0.3, -0.25) is 9.59 Å². The summed E-state index contributed by atoms with van der Waals surface area (Å²) in [7, 11) is 0. The monoisotopic (exact) mass is 389 g/mol. The standard InChI is InChI=1S/C22H23N5O2/c1-15-8-9-23-19(10-15)27-20(11-16(2)25-27)24-22(29)18-12-21(28)26(14-18)13-17-6-4-3-5-7-17/h3-11,18H,12-14H2,1-2H3,(H,24,29). The van der Waals surface area contributed by atoms with Crippen LogP contribution in [0.25, 0.3) is 5.82 Å². The van der Waals surface area contributed by atoms with Gasteiger partial charge in [0.25, 0.3) is 0 Å². The third-order valence-corrected chi connectivity index (χ3v) is 5.00. The topological polar surface area (TPSA) is 80.1 Å². The highest BCUT2D eigenvalue weighted by Crippen LogP contribution is 2.23. The Morgan fingerprint density at radius 1 is 1.17 bits per heavy atom. The van der Waals surface area contributed by atoms with Gasteiger partial charge in [-0.25, -0.2) is 4.98 Å². The van der Waals surface area contributed by atoms with Crippen molar-refractivity contribution in [3.8, 4) is 5.82 Å². The smallest absolute Gasteiger partial charge is 0.230 e. The van der Waals surface area contributed by atoms with E-state index in [4.69, 9.17) is 0 Å². The molecule has 4 rings (SSSR count). The van der Waals surface area contributed by atoms with Gasteiger partial charge in [0.2, 0.25) is 11.8 Å². The zero-order valence-corrected chi connectivity index (χ0v) is 16.5. The summed E-state index contributed by atoms with van der Waals surface area (Å²) in [5.74, 6) is 0.628. The molecule has 1 saturated heterocycles. The molecule has 0 radical (unpaired) electrons. The third-order valence-electron chi connectivity index (χ3n) is 5.00. The summed E-state index contributed by atoms with van der Waals surface area (Å²) >= 11 is 0. The number of nitrogens with one attached hydrogen (secondary N) is 1. The van der Waals surface area contributed by atoms with Crippen molar-refractivity contribution in [3.05, 3.63) is 71.5 Å². The van der Waals surface area contributed by atoms with Crippen LogP contribution in [0.15, 0.2) is 54.7 Å². The number of likely N-dealkylation sites (tertiary alicyclic amines) is 1. The van der Waals surface area contributed by atoms with Crippen molar-refractivity contribution in [3.63, 3.8) is 0 Å². The lowest BCUT2D eigenvalue weighted by molar-refractivity contribution is -0.128. The Morgan fingerprint density at radius 2 is 1.97 bits per heavy atom. The molecule has 3 aromatic rings.